The number of rotatable bonds is 7. The van der Waals surface area contributed by atoms with Crippen LogP contribution in [0.25, 0.3) is 27.8 Å². The topological polar surface area (TPSA) is 72.4 Å². The molecule has 2 N–H and O–H groups in total. The van der Waals surface area contributed by atoms with Gasteiger partial charge in [0.05, 0.1) is 23.2 Å². The second-order valence-electron chi connectivity index (χ2n) is 9.14. The summed E-state index contributed by atoms with van der Waals surface area (Å²) in [6.07, 6.45) is 4.92. The highest BCUT2D eigenvalue weighted by molar-refractivity contribution is 5.84. The normalized spacial score (nSPS) is 15.1. The van der Waals surface area contributed by atoms with E-state index in [2.05, 4.69) is 65.3 Å². The van der Waals surface area contributed by atoms with E-state index in [0.717, 1.165) is 72.4 Å². The summed E-state index contributed by atoms with van der Waals surface area (Å²) in [5, 5.41) is 1.14. The molecule has 7 nitrogen and oxygen atoms in total. The molecule has 1 fully saturated rings. The SMILES string of the molecule is CN(C)CCCOc1ccc2c(c1)ncn2-c1ccc2cc(N3CCC(N)CC3)ccc2n1. The minimum atomic E-state index is 0.335. The number of anilines is 1. The molecule has 0 bridgehead atoms. The van der Waals surface area contributed by atoms with Crippen molar-refractivity contribution in [1.29, 1.82) is 0 Å². The van der Waals surface area contributed by atoms with E-state index in [9.17, 15) is 0 Å². The van der Waals surface area contributed by atoms with E-state index in [-0.39, 0.29) is 0 Å². The molecule has 0 radical (unpaired) electrons. The van der Waals surface area contributed by atoms with Gasteiger partial charge in [-0.2, -0.15) is 0 Å². The Morgan fingerprint density at radius 1 is 1.03 bits per heavy atom. The van der Waals surface area contributed by atoms with Crippen molar-refractivity contribution in [3.63, 3.8) is 0 Å². The van der Waals surface area contributed by atoms with E-state index in [0.29, 0.717) is 12.6 Å². The Labute approximate surface area is 194 Å². The van der Waals surface area contributed by atoms with Gasteiger partial charge in [0.15, 0.2) is 0 Å². The number of imidazole rings is 1. The highest BCUT2D eigenvalue weighted by atomic mass is 16.5. The molecule has 172 valence electrons. The molecule has 0 unspecified atom stereocenters. The van der Waals surface area contributed by atoms with Gasteiger partial charge >= 0.3 is 0 Å². The Hall–Kier alpha value is -3.16. The standard InChI is InChI=1S/C26H32N6O/c1-30(2)12-3-15-33-22-6-8-25-24(17-22)28-18-32(25)26-9-4-19-16-21(5-7-23(19)29-26)31-13-10-20(27)11-14-31/h4-9,16-18,20H,3,10-15,27H2,1-2H3. The Balaban J connectivity index is 1.35. The van der Waals surface area contributed by atoms with Gasteiger partial charge in [-0.3, -0.25) is 4.57 Å². The smallest absolute Gasteiger partial charge is 0.139 e. The summed E-state index contributed by atoms with van der Waals surface area (Å²) in [7, 11) is 4.15. The molecular weight excluding hydrogens is 412 g/mol. The Kier molecular flexibility index (Phi) is 6.15. The van der Waals surface area contributed by atoms with E-state index in [4.69, 9.17) is 15.5 Å². The number of hydrogen-bond donors (Lipinski definition) is 1. The van der Waals surface area contributed by atoms with Crippen molar-refractivity contribution >= 4 is 27.6 Å². The number of benzene rings is 2. The molecule has 7 heteroatoms. The van der Waals surface area contributed by atoms with E-state index < -0.39 is 0 Å². The van der Waals surface area contributed by atoms with Crippen molar-refractivity contribution in [3.05, 3.63) is 54.9 Å². The monoisotopic (exact) mass is 444 g/mol. The quantitative estimate of drug-likeness (QED) is 0.437. The molecule has 1 saturated heterocycles. The van der Waals surface area contributed by atoms with Gasteiger partial charge in [-0.25, -0.2) is 9.97 Å². The third kappa shape index (κ3) is 4.79. The molecule has 33 heavy (non-hydrogen) atoms. The maximum Gasteiger partial charge on any atom is 0.139 e. The first-order valence-corrected chi connectivity index (χ1v) is 11.7. The number of pyridine rings is 1. The Bertz CT molecular complexity index is 1240. The Morgan fingerprint density at radius 3 is 2.70 bits per heavy atom. The zero-order chi connectivity index (χ0) is 22.8. The average molecular weight is 445 g/mol. The van der Waals surface area contributed by atoms with Gasteiger partial charge in [-0.15, -0.1) is 0 Å². The van der Waals surface area contributed by atoms with Gasteiger partial charge in [-0.05, 0) is 75.8 Å². The maximum atomic E-state index is 6.06. The molecule has 0 amide bonds. The van der Waals surface area contributed by atoms with E-state index in [1.54, 1.807) is 0 Å². The summed E-state index contributed by atoms with van der Waals surface area (Å²) < 4.78 is 7.93. The first-order chi connectivity index (χ1) is 16.1. The van der Waals surface area contributed by atoms with Gasteiger partial charge in [-0.1, -0.05) is 0 Å². The predicted octanol–water partition coefficient (Wildman–Crippen LogP) is 3.83. The third-order valence-corrected chi connectivity index (χ3v) is 6.35. The molecule has 2 aromatic heterocycles. The summed E-state index contributed by atoms with van der Waals surface area (Å²) in [6, 6.07) is 17.1. The van der Waals surface area contributed by atoms with Gasteiger partial charge < -0.3 is 20.3 Å². The van der Waals surface area contributed by atoms with Crippen molar-refractivity contribution < 1.29 is 4.74 Å². The van der Waals surface area contributed by atoms with Gasteiger partial charge in [0.25, 0.3) is 0 Å². The van der Waals surface area contributed by atoms with Gasteiger partial charge in [0.1, 0.15) is 17.9 Å². The second-order valence-corrected chi connectivity index (χ2v) is 9.14. The third-order valence-electron chi connectivity index (χ3n) is 6.35. The van der Waals surface area contributed by atoms with Crippen LogP contribution in [0.1, 0.15) is 19.3 Å². The van der Waals surface area contributed by atoms with Crippen LogP contribution in [0.5, 0.6) is 5.75 Å². The van der Waals surface area contributed by atoms with Gasteiger partial charge in [0.2, 0.25) is 0 Å². The van der Waals surface area contributed by atoms with Crippen LogP contribution in [0.4, 0.5) is 5.69 Å². The van der Waals surface area contributed by atoms with Crippen molar-refractivity contribution in [2.24, 2.45) is 5.73 Å². The van der Waals surface area contributed by atoms with Crippen LogP contribution in [0.3, 0.4) is 0 Å². The number of ether oxygens (including phenoxy) is 1. The molecule has 0 aliphatic carbocycles. The van der Waals surface area contributed by atoms with E-state index in [1.807, 2.05) is 23.0 Å². The van der Waals surface area contributed by atoms with Crippen LogP contribution in [-0.2, 0) is 0 Å². The zero-order valence-corrected chi connectivity index (χ0v) is 19.4. The minimum Gasteiger partial charge on any atom is -0.493 e. The van der Waals surface area contributed by atoms with E-state index >= 15 is 0 Å². The largest absolute Gasteiger partial charge is 0.493 e. The van der Waals surface area contributed by atoms with Gasteiger partial charge in [0, 0.05) is 42.8 Å². The molecule has 0 spiro atoms. The number of hydrogen-bond acceptors (Lipinski definition) is 6. The molecule has 1 aliphatic heterocycles. The average Bonchev–Trinajstić information content (AvgIpc) is 3.25. The first-order valence-electron chi connectivity index (χ1n) is 11.7. The van der Waals surface area contributed by atoms with Crippen molar-refractivity contribution in [2.75, 3.05) is 45.2 Å². The maximum absolute atomic E-state index is 6.06. The fourth-order valence-electron chi connectivity index (χ4n) is 4.43. The number of nitrogens with two attached hydrogens (primary N) is 1. The van der Waals surface area contributed by atoms with Crippen molar-refractivity contribution in [2.45, 2.75) is 25.3 Å². The van der Waals surface area contributed by atoms with Crippen molar-refractivity contribution in [1.82, 2.24) is 19.4 Å². The first kappa shape index (κ1) is 21.7. The molecule has 2 aromatic carbocycles. The predicted molar refractivity (Wildman–Crippen MR) is 134 cm³/mol. The summed E-state index contributed by atoms with van der Waals surface area (Å²) in [4.78, 5) is 14.1. The highest BCUT2D eigenvalue weighted by Gasteiger charge is 2.17. The van der Waals surface area contributed by atoms with Crippen LogP contribution in [0.2, 0.25) is 0 Å². The summed E-state index contributed by atoms with van der Waals surface area (Å²) in [5.41, 5.74) is 10.2. The minimum absolute atomic E-state index is 0.335. The molecule has 5 rings (SSSR count). The summed E-state index contributed by atoms with van der Waals surface area (Å²) in [5.74, 6) is 1.71. The van der Waals surface area contributed by atoms with Crippen molar-refractivity contribution in [3.8, 4) is 11.6 Å². The number of fused-ring (bicyclic) bond motifs is 2. The lowest BCUT2D eigenvalue weighted by Gasteiger charge is -2.32. The van der Waals surface area contributed by atoms with Crippen LogP contribution in [0, 0.1) is 0 Å². The lowest BCUT2D eigenvalue weighted by molar-refractivity contribution is 0.282. The number of nitrogens with zero attached hydrogens (tertiary/aromatic N) is 5. The molecule has 0 atom stereocenters. The number of aromatic nitrogens is 3. The fourth-order valence-corrected chi connectivity index (χ4v) is 4.43. The fraction of sp³-hybridized carbons (Fsp3) is 0.385. The molecule has 0 saturated carbocycles. The molecular formula is C26H32N6O. The van der Waals surface area contributed by atoms with Crippen LogP contribution in [0.15, 0.2) is 54.9 Å². The second kappa shape index (κ2) is 9.37. The molecule has 3 heterocycles. The van der Waals surface area contributed by atoms with Crippen LogP contribution >= 0.6 is 0 Å². The number of piperidine rings is 1. The summed E-state index contributed by atoms with van der Waals surface area (Å²) in [6.45, 7) is 3.74. The zero-order valence-electron chi connectivity index (χ0n) is 19.4. The van der Waals surface area contributed by atoms with E-state index in [1.165, 1.54) is 5.69 Å². The Morgan fingerprint density at radius 2 is 1.88 bits per heavy atom. The summed E-state index contributed by atoms with van der Waals surface area (Å²) >= 11 is 0. The lowest BCUT2D eigenvalue weighted by atomic mass is 10.0. The lowest BCUT2D eigenvalue weighted by Crippen LogP contribution is -2.39. The molecule has 4 aromatic rings. The molecule has 1 aliphatic rings. The van der Waals surface area contributed by atoms with Crippen LogP contribution in [-0.4, -0.2) is 65.8 Å². The highest BCUT2D eigenvalue weighted by Crippen LogP contribution is 2.26. The van der Waals surface area contributed by atoms with Crippen LogP contribution < -0.4 is 15.4 Å².